The van der Waals surface area contributed by atoms with Crippen molar-refractivity contribution in [2.75, 3.05) is 18.0 Å². The van der Waals surface area contributed by atoms with Gasteiger partial charge < -0.3 is 9.47 Å². The Hall–Kier alpha value is -3.92. The minimum atomic E-state index is -0.179. The van der Waals surface area contributed by atoms with Crippen molar-refractivity contribution in [1.82, 2.24) is 18.9 Å². The zero-order valence-electron chi connectivity index (χ0n) is 18.0. The lowest BCUT2D eigenvalue weighted by Crippen LogP contribution is -2.30. The van der Waals surface area contributed by atoms with Crippen LogP contribution in [0.1, 0.15) is 37.1 Å². The minimum Gasteiger partial charge on any atom is -0.356 e. The molecule has 1 fully saturated rings. The van der Waals surface area contributed by atoms with Gasteiger partial charge in [-0.25, -0.2) is 9.97 Å². The molecule has 1 aliphatic rings. The first kappa shape index (κ1) is 20.0. The van der Waals surface area contributed by atoms with Gasteiger partial charge in [-0.3, -0.25) is 9.20 Å². The maximum atomic E-state index is 13.5. The summed E-state index contributed by atoms with van der Waals surface area (Å²) >= 11 is 0. The number of imidazole rings is 1. The van der Waals surface area contributed by atoms with Crippen LogP contribution in [0.4, 0.5) is 5.82 Å². The number of fused-ring (bicyclic) bond motifs is 2. The van der Waals surface area contributed by atoms with Crippen molar-refractivity contribution in [1.29, 1.82) is 5.26 Å². The summed E-state index contributed by atoms with van der Waals surface area (Å²) in [5.41, 5.74) is 2.95. The second kappa shape index (κ2) is 8.31. The molecule has 160 valence electrons. The summed E-state index contributed by atoms with van der Waals surface area (Å²) in [5.74, 6) is 1.18. The van der Waals surface area contributed by atoms with Gasteiger partial charge in [-0.2, -0.15) is 5.26 Å². The molecule has 3 aromatic heterocycles. The Bertz CT molecular complexity index is 1430. The van der Waals surface area contributed by atoms with Gasteiger partial charge in [-0.15, -0.1) is 0 Å². The Morgan fingerprint density at radius 2 is 1.78 bits per heavy atom. The third-order valence-corrected chi connectivity index (χ3v) is 6.09. The van der Waals surface area contributed by atoms with Crippen LogP contribution in [0.3, 0.4) is 0 Å². The molecule has 1 saturated heterocycles. The molecule has 0 atom stereocenters. The molecule has 1 aliphatic heterocycles. The second-order valence-corrected chi connectivity index (χ2v) is 8.14. The fourth-order valence-electron chi connectivity index (χ4n) is 4.42. The fraction of sp³-hybridized carbons (Fsp3) is 0.280. The number of aromatic nitrogens is 4. The number of pyridine rings is 1. The van der Waals surface area contributed by atoms with Gasteiger partial charge in [0.2, 0.25) is 0 Å². The molecule has 0 amide bonds. The van der Waals surface area contributed by atoms with Crippen LogP contribution in [-0.2, 0) is 7.05 Å². The average molecular weight is 425 g/mol. The number of nitriles is 1. The van der Waals surface area contributed by atoms with E-state index in [0.29, 0.717) is 28.4 Å². The van der Waals surface area contributed by atoms with E-state index in [2.05, 4.69) is 16.0 Å². The Morgan fingerprint density at radius 3 is 2.53 bits per heavy atom. The average Bonchev–Trinajstić information content (AvgIpc) is 2.99. The molecule has 4 heterocycles. The number of para-hydroxylation sites is 2. The normalized spacial score (nSPS) is 15.1. The van der Waals surface area contributed by atoms with E-state index in [1.807, 2.05) is 54.1 Å². The van der Waals surface area contributed by atoms with E-state index in [1.165, 1.54) is 17.2 Å². The molecule has 0 saturated carbocycles. The molecule has 7 heteroatoms. The van der Waals surface area contributed by atoms with Gasteiger partial charge in [0.05, 0.1) is 22.2 Å². The van der Waals surface area contributed by atoms with Crippen molar-refractivity contribution < 1.29 is 0 Å². The Morgan fingerprint density at radius 1 is 1.03 bits per heavy atom. The first-order valence-corrected chi connectivity index (χ1v) is 11.0. The lowest BCUT2D eigenvalue weighted by molar-refractivity contribution is 0.726. The second-order valence-electron chi connectivity index (χ2n) is 8.14. The van der Waals surface area contributed by atoms with Crippen LogP contribution in [0.15, 0.2) is 53.5 Å². The van der Waals surface area contributed by atoms with Crippen LogP contribution in [0.2, 0.25) is 0 Å². The first-order valence-electron chi connectivity index (χ1n) is 11.0. The third kappa shape index (κ3) is 3.44. The molecule has 4 aromatic rings. The van der Waals surface area contributed by atoms with Crippen LogP contribution in [0.5, 0.6) is 0 Å². The molecule has 0 aliphatic carbocycles. The minimum absolute atomic E-state index is 0.179. The predicted molar refractivity (Wildman–Crippen MR) is 126 cm³/mol. The van der Waals surface area contributed by atoms with Gasteiger partial charge in [0, 0.05) is 26.3 Å². The van der Waals surface area contributed by atoms with Crippen LogP contribution in [0.25, 0.3) is 28.3 Å². The van der Waals surface area contributed by atoms with Gasteiger partial charge >= 0.3 is 0 Å². The van der Waals surface area contributed by atoms with Crippen molar-refractivity contribution in [3.8, 4) is 6.07 Å². The SMILES string of the molecule is Cn1c(/C(C#N)=C/c2c(N3CCCCCC3)nc3ccccn3c2=O)nc2ccccc21. The summed E-state index contributed by atoms with van der Waals surface area (Å²) in [5, 5.41) is 10.0. The number of allylic oxidation sites excluding steroid dienone is 1. The lowest BCUT2D eigenvalue weighted by atomic mass is 10.1. The molecule has 5 rings (SSSR count). The highest BCUT2D eigenvalue weighted by Gasteiger charge is 2.20. The Balaban J connectivity index is 1.74. The number of nitrogens with zero attached hydrogens (tertiary/aromatic N) is 6. The van der Waals surface area contributed by atoms with E-state index in [-0.39, 0.29) is 5.56 Å². The van der Waals surface area contributed by atoms with Crippen molar-refractivity contribution in [2.24, 2.45) is 7.05 Å². The van der Waals surface area contributed by atoms with E-state index in [9.17, 15) is 10.1 Å². The van der Waals surface area contributed by atoms with E-state index < -0.39 is 0 Å². The highest BCUT2D eigenvalue weighted by Crippen LogP contribution is 2.26. The van der Waals surface area contributed by atoms with E-state index in [0.717, 1.165) is 37.0 Å². The smallest absolute Gasteiger partial charge is 0.267 e. The maximum absolute atomic E-state index is 13.5. The molecule has 7 nitrogen and oxygen atoms in total. The standard InChI is InChI=1S/C25H24N6O/c1-29-21-11-5-4-10-20(21)27-23(29)18(17-26)16-19-24(30-13-7-2-3-8-14-30)28-22-12-6-9-15-31(22)25(19)32/h4-6,9-12,15-16H,2-3,7-8,13-14H2,1H3/b18-16+. The number of aryl methyl sites for hydroxylation is 1. The molecule has 0 spiro atoms. The van der Waals surface area contributed by atoms with Crippen molar-refractivity contribution in [3.63, 3.8) is 0 Å². The number of hydrogen-bond donors (Lipinski definition) is 0. The number of benzene rings is 1. The fourth-order valence-corrected chi connectivity index (χ4v) is 4.42. The van der Waals surface area contributed by atoms with Crippen LogP contribution < -0.4 is 10.5 Å². The van der Waals surface area contributed by atoms with E-state index in [4.69, 9.17) is 4.98 Å². The van der Waals surface area contributed by atoms with E-state index >= 15 is 0 Å². The quantitative estimate of drug-likeness (QED) is 0.464. The zero-order chi connectivity index (χ0) is 22.1. The maximum Gasteiger partial charge on any atom is 0.267 e. The lowest BCUT2D eigenvalue weighted by Gasteiger charge is -2.23. The van der Waals surface area contributed by atoms with Gasteiger partial charge in [0.15, 0.2) is 5.82 Å². The highest BCUT2D eigenvalue weighted by molar-refractivity contribution is 5.92. The summed E-state index contributed by atoms with van der Waals surface area (Å²) in [6, 6.07) is 15.6. The summed E-state index contributed by atoms with van der Waals surface area (Å²) < 4.78 is 3.43. The molecule has 0 unspecified atom stereocenters. The van der Waals surface area contributed by atoms with Gasteiger partial charge in [-0.1, -0.05) is 31.0 Å². The predicted octanol–water partition coefficient (Wildman–Crippen LogP) is 4.03. The highest BCUT2D eigenvalue weighted by atomic mass is 16.1. The zero-order valence-corrected chi connectivity index (χ0v) is 18.0. The van der Waals surface area contributed by atoms with E-state index in [1.54, 1.807) is 12.3 Å². The molecule has 32 heavy (non-hydrogen) atoms. The molecule has 0 bridgehead atoms. The summed E-state index contributed by atoms with van der Waals surface area (Å²) in [6.07, 6.45) is 7.87. The molecule has 1 aromatic carbocycles. The summed E-state index contributed by atoms with van der Waals surface area (Å²) in [7, 11) is 1.89. The van der Waals surface area contributed by atoms with Crippen LogP contribution >= 0.6 is 0 Å². The van der Waals surface area contributed by atoms with Crippen molar-refractivity contribution in [3.05, 3.63) is 70.4 Å². The Labute approximate surface area is 185 Å². The molecule has 0 N–H and O–H groups in total. The molecular weight excluding hydrogens is 400 g/mol. The van der Waals surface area contributed by atoms with Crippen molar-refractivity contribution in [2.45, 2.75) is 25.7 Å². The molecule has 0 radical (unpaired) electrons. The number of rotatable bonds is 3. The van der Waals surface area contributed by atoms with Crippen LogP contribution in [-0.4, -0.2) is 32.0 Å². The number of anilines is 1. The van der Waals surface area contributed by atoms with Gasteiger partial charge in [0.25, 0.3) is 5.56 Å². The monoisotopic (exact) mass is 424 g/mol. The summed E-state index contributed by atoms with van der Waals surface area (Å²) in [6.45, 7) is 1.70. The van der Waals surface area contributed by atoms with Crippen molar-refractivity contribution >= 4 is 34.1 Å². The van der Waals surface area contributed by atoms with Gasteiger partial charge in [-0.05, 0) is 43.2 Å². The van der Waals surface area contributed by atoms with Gasteiger partial charge in [0.1, 0.15) is 17.5 Å². The largest absolute Gasteiger partial charge is 0.356 e. The first-order chi connectivity index (χ1) is 15.7. The topological polar surface area (TPSA) is 79.2 Å². The Kier molecular flexibility index (Phi) is 5.20. The summed E-state index contributed by atoms with van der Waals surface area (Å²) in [4.78, 5) is 25.2. The number of hydrogen-bond acceptors (Lipinski definition) is 5. The third-order valence-electron chi connectivity index (χ3n) is 6.09. The van der Waals surface area contributed by atoms with Crippen LogP contribution in [0, 0.1) is 11.3 Å². The molecular formula is C25H24N6O.